The van der Waals surface area contributed by atoms with Gasteiger partial charge in [0.2, 0.25) is 5.66 Å². The molecule has 4 bridgehead atoms. The number of rotatable bonds is 1. The van der Waals surface area contributed by atoms with Gasteiger partial charge >= 0.3 is 0 Å². The molecule has 0 aliphatic carbocycles. The topological polar surface area (TPSA) is 26.0 Å². The Morgan fingerprint density at radius 2 is 1.39 bits per heavy atom. The average Bonchev–Trinajstić information content (AvgIpc) is 2.19. The molecule has 18 heavy (non-hydrogen) atoms. The van der Waals surface area contributed by atoms with E-state index in [4.69, 9.17) is 0 Å². The first-order valence-electron chi connectivity index (χ1n) is 7.11. The van der Waals surface area contributed by atoms with Gasteiger partial charge in [0, 0.05) is 13.0 Å². The van der Waals surface area contributed by atoms with E-state index in [-0.39, 0.29) is 16.5 Å². The second-order valence-corrected chi connectivity index (χ2v) is 7.79. The van der Waals surface area contributed by atoms with E-state index in [0.29, 0.717) is 5.78 Å². The lowest BCUT2D eigenvalue weighted by molar-refractivity contribution is -1.19. The maximum absolute atomic E-state index is 12.6. The first kappa shape index (κ1) is 12.4. The minimum atomic E-state index is -0.0785. The Bertz CT molecular complexity index is 407. The van der Waals surface area contributed by atoms with Crippen LogP contribution in [0.25, 0.3) is 0 Å². The lowest BCUT2D eigenvalue weighted by Crippen LogP contribution is -3.48. The van der Waals surface area contributed by atoms with E-state index in [1.54, 1.807) is 9.80 Å². The predicted octanol–water partition coefficient (Wildman–Crippen LogP) is -0.939. The van der Waals surface area contributed by atoms with E-state index in [1.165, 1.54) is 5.57 Å². The van der Waals surface area contributed by atoms with Crippen LogP contribution in [0.5, 0.6) is 0 Å². The number of carbonyl (C=O) groups is 1. The molecule has 0 radical (unpaired) electrons. The SMILES string of the molecule is CC(C)=CC1(C)[NH+]2CC3(C)C[NH+]1CC(C)(C2)C3=O. The Morgan fingerprint density at radius 3 is 1.72 bits per heavy atom. The van der Waals surface area contributed by atoms with E-state index < -0.39 is 0 Å². The van der Waals surface area contributed by atoms with Gasteiger partial charge in [-0.3, -0.25) is 14.6 Å². The van der Waals surface area contributed by atoms with Crippen LogP contribution in [-0.4, -0.2) is 37.6 Å². The molecule has 4 aliphatic heterocycles. The van der Waals surface area contributed by atoms with Gasteiger partial charge in [0.1, 0.15) is 37.0 Å². The van der Waals surface area contributed by atoms with Gasteiger partial charge in [0.15, 0.2) is 5.78 Å². The molecule has 0 unspecified atom stereocenters. The van der Waals surface area contributed by atoms with Crippen molar-refractivity contribution in [2.45, 2.75) is 40.3 Å². The van der Waals surface area contributed by atoms with Crippen LogP contribution in [-0.2, 0) is 4.79 Å². The average molecular weight is 250 g/mol. The predicted molar refractivity (Wildman–Crippen MR) is 70.5 cm³/mol. The van der Waals surface area contributed by atoms with Crippen molar-refractivity contribution in [2.24, 2.45) is 10.8 Å². The molecule has 3 heteroatoms. The highest BCUT2D eigenvalue weighted by Crippen LogP contribution is 2.35. The summed E-state index contributed by atoms with van der Waals surface area (Å²) in [6.07, 6.45) is 2.44. The summed E-state index contributed by atoms with van der Waals surface area (Å²) in [5.41, 5.74) is 1.42. The fourth-order valence-electron chi connectivity index (χ4n) is 4.95. The monoisotopic (exact) mass is 250 g/mol. The molecule has 4 fully saturated rings. The van der Waals surface area contributed by atoms with Gasteiger partial charge in [-0.15, -0.1) is 0 Å². The molecule has 0 aromatic rings. The highest BCUT2D eigenvalue weighted by molar-refractivity contribution is 5.91. The van der Waals surface area contributed by atoms with E-state index in [1.807, 2.05) is 0 Å². The van der Waals surface area contributed by atoms with E-state index in [0.717, 1.165) is 26.2 Å². The Kier molecular flexibility index (Phi) is 2.24. The van der Waals surface area contributed by atoms with Crippen molar-refractivity contribution >= 4 is 5.78 Å². The fourth-order valence-corrected chi connectivity index (χ4v) is 4.95. The standard InChI is InChI=1S/C15H24N2O/c1-11(2)6-15(5)16-7-13(3)8-17(15)10-14(4,9-16)12(13)18/h6H,7-10H2,1-5H3/p+2. The highest BCUT2D eigenvalue weighted by atomic mass is 16.1. The van der Waals surface area contributed by atoms with Crippen LogP contribution in [0.4, 0.5) is 0 Å². The second kappa shape index (κ2) is 3.26. The number of Topliss-reactive ketones (excluding diaryl/α,β-unsaturated/α-hetero) is 1. The molecule has 3 nitrogen and oxygen atoms in total. The maximum Gasteiger partial charge on any atom is 0.239 e. The molecule has 0 aromatic carbocycles. The summed E-state index contributed by atoms with van der Waals surface area (Å²) in [6, 6.07) is 0. The van der Waals surface area contributed by atoms with Crippen molar-refractivity contribution in [3.63, 3.8) is 0 Å². The molecular weight excluding hydrogens is 224 g/mol. The second-order valence-electron chi connectivity index (χ2n) is 7.79. The number of allylic oxidation sites excluding steroid dienone is 1. The van der Waals surface area contributed by atoms with Crippen molar-refractivity contribution in [2.75, 3.05) is 26.2 Å². The van der Waals surface area contributed by atoms with Crippen LogP contribution in [0, 0.1) is 10.8 Å². The molecule has 4 saturated heterocycles. The molecule has 4 aliphatic rings. The van der Waals surface area contributed by atoms with Crippen LogP contribution in [0.3, 0.4) is 0 Å². The summed E-state index contributed by atoms with van der Waals surface area (Å²) in [5.74, 6) is 0.529. The largest absolute Gasteiger partial charge is 0.297 e. The lowest BCUT2D eigenvalue weighted by Gasteiger charge is -2.62. The molecule has 0 aromatic heterocycles. The summed E-state index contributed by atoms with van der Waals surface area (Å²) < 4.78 is 0. The summed E-state index contributed by atoms with van der Waals surface area (Å²) in [5, 5.41) is 0. The molecule has 0 saturated carbocycles. The van der Waals surface area contributed by atoms with E-state index >= 15 is 0 Å². The smallest absolute Gasteiger partial charge is 0.239 e. The van der Waals surface area contributed by atoms with Crippen LogP contribution in [0.1, 0.15) is 34.6 Å². The Morgan fingerprint density at radius 1 is 1.00 bits per heavy atom. The molecule has 2 N–H and O–H groups in total. The first-order chi connectivity index (χ1) is 8.20. The lowest BCUT2D eigenvalue weighted by atomic mass is 9.60. The third-order valence-electron chi connectivity index (χ3n) is 5.56. The van der Waals surface area contributed by atoms with Crippen LogP contribution in [0.15, 0.2) is 11.6 Å². The quantitative estimate of drug-likeness (QED) is 0.577. The Balaban J connectivity index is 2.06. The third-order valence-corrected chi connectivity index (χ3v) is 5.56. The molecule has 0 spiro atoms. The van der Waals surface area contributed by atoms with Gasteiger partial charge in [0.25, 0.3) is 0 Å². The minimum absolute atomic E-state index is 0.0785. The van der Waals surface area contributed by atoms with Gasteiger partial charge in [-0.05, 0) is 27.7 Å². The Hall–Kier alpha value is -0.670. The zero-order valence-electron chi connectivity index (χ0n) is 12.3. The fraction of sp³-hybridized carbons (Fsp3) is 0.800. The van der Waals surface area contributed by atoms with Crippen LogP contribution >= 0.6 is 0 Å². The van der Waals surface area contributed by atoms with Crippen molar-refractivity contribution in [3.8, 4) is 0 Å². The van der Waals surface area contributed by atoms with Crippen molar-refractivity contribution < 1.29 is 14.6 Å². The maximum atomic E-state index is 12.6. The van der Waals surface area contributed by atoms with Crippen molar-refractivity contribution in [3.05, 3.63) is 11.6 Å². The summed E-state index contributed by atoms with van der Waals surface area (Å²) in [4.78, 5) is 15.8. The molecule has 100 valence electrons. The Labute approximate surface area is 110 Å². The van der Waals surface area contributed by atoms with E-state index in [9.17, 15) is 4.79 Å². The molecule has 4 rings (SSSR count). The molecule has 0 amide bonds. The van der Waals surface area contributed by atoms with Gasteiger partial charge in [-0.2, -0.15) is 0 Å². The molecular formula is C15H26N2O+2. The normalized spacial score (nSPS) is 53.7. The number of hydrogen-bond donors (Lipinski definition) is 2. The molecule has 4 heterocycles. The van der Waals surface area contributed by atoms with Crippen LogP contribution < -0.4 is 9.80 Å². The van der Waals surface area contributed by atoms with E-state index in [2.05, 4.69) is 40.7 Å². The van der Waals surface area contributed by atoms with Crippen molar-refractivity contribution in [1.82, 2.24) is 0 Å². The number of piperidine rings is 2. The van der Waals surface area contributed by atoms with Gasteiger partial charge < -0.3 is 0 Å². The summed E-state index contributed by atoms with van der Waals surface area (Å²) >= 11 is 0. The third kappa shape index (κ3) is 1.35. The summed E-state index contributed by atoms with van der Waals surface area (Å²) in [7, 11) is 0. The van der Waals surface area contributed by atoms with Gasteiger partial charge in [0.05, 0.1) is 0 Å². The van der Waals surface area contributed by atoms with Gasteiger partial charge in [-0.25, -0.2) is 0 Å². The van der Waals surface area contributed by atoms with Crippen molar-refractivity contribution in [1.29, 1.82) is 0 Å². The van der Waals surface area contributed by atoms with Crippen LogP contribution in [0.2, 0.25) is 0 Å². The molecule has 0 atom stereocenters. The number of ketones is 1. The first-order valence-corrected chi connectivity index (χ1v) is 7.11. The number of nitrogens with one attached hydrogen (secondary N) is 2. The zero-order valence-corrected chi connectivity index (χ0v) is 12.3. The number of hydrogen-bond acceptors (Lipinski definition) is 1. The number of quaternary nitrogens is 2. The highest BCUT2D eigenvalue weighted by Gasteiger charge is 2.71. The summed E-state index contributed by atoms with van der Waals surface area (Å²) in [6.45, 7) is 15.2. The number of carbonyl (C=O) groups excluding carboxylic acids is 1. The van der Waals surface area contributed by atoms with Gasteiger partial charge in [-0.1, -0.05) is 5.57 Å². The zero-order chi connectivity index (χ0) is 13.3. The minimum Gasteiger partial charge on any atom is -0.297 e.